The molecule has 0 atom stereocenters. The molecular weight excluding hydrogens is 278 g/mol. The lowest BCUT2D eigenvalue weighted by atomic mass is 10.2. The molecule has 2 aromatic rings. The van der Waals surface area contributed by atoms with E-state index in [0.29, 0.717) is 11.6 Å². The molecule has 1 amide bonds. The molecule has 0 fully saturated rings. The van der Waals surface area contributed by atoms with Gasteiger partial charge in [-0.15, -0.1) is 10.2 Å². The van der Waals surface area contributed by atoms with E-state index in [9.17, 15) is 4.79 Å². The van der Waals surface area contributed by atoms with Crippen molar-refractivity contribution in [2.45, 2.75) is 20.8 Å². The maximum absolute atomic E-state index is 10.9. The SMILES string of the molecule is CCN(CC)c1ccc(Nc2ccc(NC(C)=O)nn2)cc1. The highest BCUT2D eigenvalue weighted by atomic mass is 16.1. The molecule has 0 saturated carbocycles. The number of hydrogen-bond acceptors (Lipinski definition) is 5. The normalized spacial score (nSPS) is 10.1. The Morgan fingerprint density at radius 2 is 1.59 bits per heavy atom. The number of carbonyl (C=O) groups excluding carboxylic acids is 1. The Morgan fingerprint density at radius 3 is 2.09 bits per heavy atom. The summed E-state index contributed by atoms with van der Waals surface area (Å²) in [4.78, 5) is 13.2. The number of hydrogen-bond donors (Lipinski definition) is 2. The third-order valence-corrected chi connectivity index (χ3v) is 3.24. The highest BCUT2D eigenvalue weighted by Gasteiger charge is 2.03. The Kier molecular flexibility index (Phi) is 5.30. The zero-order valence-corrected chi connectivity index (χ0v) is 13.1. The van der Waals surface area contributed by atoms with Crippen LogP contribution in [0.5, 0.6) is 0 Å². The number of nitrogens with zero attached hydrogens (tertiary/aromatic N) is 3. The van der Waals surface area contributed by atoms with Crippen LogP contribution in [0.25, 0.3) is 0 Å². The lowest BCUT2D eigenvalue weighted by Crippen LogP contribution is -2.21. The summed E-state index contributed by atoms with van der Waals surface area (Å²) in [6.07, 6.45) is 0. The zero-order chi connectivity index (χ0) is 15.9. The first-order valence-electron chi connectivity index (χ1n) is 7.35. The van der Waals surface area contributed by atoms with E-state index in [2.05, 4.69) is 51.7 Å². The van der Waals surface area contributed by atoms with E-state index in [4.69, 9.17) is 0 Å². The second kappa shape index (κ2) is 7.40. The van der Waals surface area contributed by atoms with E-state index >= 15 is 0 Å². The predicted molar refractivity (Wildman–Crippen MR) is 89.6 cm³/mol. The summed E-state index contributed by atoms with van der Waals surface area (Å²) in [7, 11) is 0. The minimum absolute atomic E-state index is 0.165. The largest absolute Gasteiger partial charge is 0.372 e. The molecule has 22 heavy (non-hydrogen) atoms. The lowest BCUT2D eigenvalue weighted by Gasteiger charge is -2.21. The van der Waals surface area contributed by atoms with Gasteiger partial charge in [0.25, 0.3) is 0 Å². The van der Waals surface area contributed by atoms with Gasteiger partial charge in [0.1, 0.15) is 0 Å². The van der Waals surface area contributed by atoms with Gasteiger partial charge in [-0.05, 0) is 50.2 Å². The Bertz CT molecular complexity index is 605. The molecule has 6 heteroatoms. The lowest BCUT2D eigenvalue weighted by molar-refractivity contribution is -0.114. The summed E-state index contributed by atoms with van der Waals surface area (Å²) in [6, 6.07) is 11.7. The number of nitrogens with one attached hydrogen (secondary N) is 2. The van der Waals surface area contributed by atoms with Crippen molar-refractivity contribution in [1.82, 2.24) is 10.2 Å². The molecule has 2 rings (SSSR count). The number of rotatable bonds is 6. The number of benzene rings is 1. The van der Waals surface area contributed by atoms with Gasteiger partial charge in [0.2, 0.25) is 5.91 Å². The Hall–Kier alpha value is -2.63. The van der Waals surface area contributed by atoms with E-state index in [1.807, 2.05) is 12.1 Å². The average molecular weight is 299 g/mol. The maximum atomic E-state index is 10.9. The molecule has 0 unspecified atom stereocenters. The first kappa shape index (κ1) is 15.8. The summed E-state index contributed by atoms with van der Waals surface area (Å²) in [5, 5.41) is 13.7. The average Bonchev–Trinajstić information content (AvgIpc) is 2.51. The Morgan fingerprint density at radius 1 is 1.00 bits per heavy atom. The van der Waals surface area contributed by atoms with Crippen LogP contribution in [0.15, 0.2) is 36.4 Å². The Labute approximate surface area is 130 Å². The molecular formula is C16H21N5O. The van der Waals surface area contributed by atoms with Gasteiger partial charge in [-0.3, -0.25) is 4.79 Å². The van der Waals surface area contributed by atoms with Crippen molar-refractivity contribution in [2.75, 3.05) is 28.6 Å². The van der Waals surface area contributed by atoms with Gasteiger partial charge in [-0.2, -0.15) is 0 Å². The second-order valence-electron chi connectivity index (χ2n) is 4.83. The molecule has 1 heterocycles. The second-order valence-corrected chi connectivity index (χ2v) is 4.83. The van der Waals surface area contributed by atoms with E-state index in [0.717, 1.165) is 18.8 Å². The van der Waals surface area contributed by atoms with Crippen LogP contribution in [-0.2, 0) is 4.79 Å². The fourth-order valence-corrected chi connectivity index (χ4v) is 2.14. The maximum Gasteiger partial charge on any atom is 0.222 e. The van der Waals surface area contributed by atoms with E-state index < -0.39 is 0 Å². The zero-order valence-electron chi connectivity index (χ0n) is 13.1. The van der Waals surface area contributed by atoms with Crippen LogP contribution >= 0.6 is 0 Å². The van der Waals surface area contributed by atoms with E-state index in [-0.39, 0.29) is 5.91 Å². The molecule has 1 aromatic heterocycles. The monoisotopic (exact) mass is 299 g/mol. The molecule has 0 aliphatic heterocycles. The summed E-state index contributed by atoms with van der Waals surface area (Å²) < 4.78 is 0. The van der Waals surface area contributed by atoms with Gasteiger partial charge in [-0.25, -0.2) is 0 Å². The third-order valence-electron chi connectivity index (χ3n) is 3.24. The molecule has 0 bridgehead atoms. The minimum atomic E-state index is -0.165. The first-order valence-corrected chi connectivity index (χ1v) is 7.35. The van der Waals surface area contributed by atoms with E-state index in [1.54, 1.807) is 12.1 Å². The van der Waals surface area contributed by atoms with Crippen LogP contribution in [0.4, 0.5) is 23.0 Å². The van der Waals surface area contributed by atoms with E-state index in [1.165, 1.54) is 12.6 Å². The first-order chi connectivity index (χ1) is 10.6. The highest BCUT2D eigenvalue weighted by molar-refractivity contribution is 5.87. The third kappa shape index (κ3) is 4.18. The predicted octanol–water partition coefficient (Wildman–Crippen LogP) is 3.02. The fourth-order valence-electron chi connectivity index (χ4n) is 2.14. The standard InChI is InChI=1S/C16H21N5O/c1-4-21(5-2)14-8-6-13(7-9-14)18-16-11-10-15(19-20-16)17-12(3)22/h6-11H,4-5H2,1-3H3,(H,18,20)(H,17,19,22). The van der Waals surface area contributed by atoms with Crippen LogP contribution in [0.2, 0.25) is 0 Å². The highest BCUT2D eigenvalue weighted by Crippen LogP contribution is 2.20. The van der Waals surface area contributed by atoms with Crippen molar-refractivity contribution in [2.24, 2.45) is 0 Å². The van der Waals surface area contributed by atoms with Crippen molar-refractivity contribution < 1.29 is 4.79 Å². The number of anilines is 4. The number of amides is 1. The number of carbonyl (C=O) groups is 1. The molecule has 0 spiro atoms. The van der Waals surface area contributed by atoms with Gasteiger partial charge in [0.15, 0.2) is 11.6 Å². The van der Waals surface area contributed by atoms with Gasteiger partial charge in [-0.1, -0.05) is 0 Å². The van der Waals surface area contributed by atoms with Crippen LogP contribution in [0.3, 0.4) is 0 Å². The molecule has 1 aromatic carbocycles. The summed E-state index contributed by atoms with van der Waals surface area (Å²) in [5.41, 5.74) is 2.14. The summed E-state index contributed by atoms with van der Waals surface area (Å²) >= 11 is 0. The topological polar surface area (TPSA) is 70.2 Å². The van der Waals surface area contributed by atoms with Gasteiger partial charge < -0.3 is 15.5 Å². The summed E-state index contributed by atoms with van der Waals surface area (Å²) in [6.45, 7) is 7.69. The fraction of sp³-hybridized carbons (Fsp3) is 0.312. The van der Waals surface area contributed by atoms with Crippen LogP contribution in [-0.4, -0.2) is 29.2 Å². The van der Waals surface area contributed by atoms with Crippen LogP contribution in [0.1, 0.15) is 20.8 Å². The van der Waals surface area contributed by atoms with Gasteiger partial charge in [0.05, 0.1) is 0 Å². The molecule has 0 saturated heterocycles. The van der Waals surface area contributed by atoms with Crippen molar-refractivity contribution in [3.63, 3.8) is 0 Å². The molecule has 2 N–H and O–H groups in total. The van der Waals surface area contributed by atoms with Crippen molar-refractivity contribution in [3.8, 4) is 0 Å². The van der Waals surface area contributed by atoms with Gasteiger partial charge in [0, 0.05) is 31.4 Å². The van der Waals surface area contributed by atoms with Crippen molar-refractivity contribution in [1.29, 1.82) is 0 Å². The smallest absolute Gasteiger partial charge is 0.222 e. The Balaban J connectivity index is 2.03. The molecule has 6 nitrogen and oxygen atoms in total. The minimum Gasteiger partial charge on any atom is -0.372 e. The van der Waals surface area contributed by atoms with Crippen LogP contribution < -0.4 is 15.5 Å². The number of aromatic nitrogens is 2. The van der Waals surface area contributed by atoms with Gasteiger partial charge >= 0.3 is 0 Å². The van der Waals surface area contributed by atoms with Crippen molar-refractivity contribution >= 4 is 28.9 Å². The molecule has 0 aliphatic carbocycles. The molecule has 0 aliphatic rings. The van der Waals surface area contributed by atoms with Crippen LogP contribution in [0, 0.1) is 0 Å². The quantitative estimate of drug-likeness (QED) is 0.858. The molecule has 116 valence electrons. The van der Waals surface area contributed by atoms with Crippen molar-refractivity contribution in [3.05, 3.63) is 36.4 Å². The molecule has 0 radical (unpaired) electrons. The summed E-state index contributed by atoms with van der Waals surface area (Å²) in [5.74, 6) is 0.904.